The molecule has 0 unspecified atom stereocenters. The number of furan rings is 1. The molecule has 8 nitrogen and oxygen atoms in total. The number of nitro groups is 1. The number of rotatable bonds is 4. The van der Waals surface area contributed by atoms with Crippen molar-refractivity contribution in [1.82, 2.24) is 4.57 Å². The van der Waals surface area contributed by atoms with Crippen LogP contribution in [0, 0.1) is 32.8 Å². The second-order valence-electron chi connectivity index (χ2n) is 6.61. The van der Waals surface area contributed by atoms with Gasteiger partial charge in [-0.05, 0) is 36.4 Å². The zero-order chi connectivity index (χ0) is 23.5. The smallest absolute Gasteiger partial charge is 0.281 e. The number of nitriles is 2. The Bertz CT molecular complexity index is 1640. The molecule has 4 rings (SSSR count). The third-order valence-electron chi connectivity index (χ3n) is 4.60. The van der Waals surface area contributed by atoms with Crippen LogP contribution in [0.5, 0.6) is 0 Å². The number of thiazole rings is 1. The summed E-state index contributed by atoms with van der Waals surface area (Å²) in [5.41, 5.74) is 0.0726. The van der Waals surface area contributed by atoms with E-state index in [0.717, 1.165) is 11.3 Å². The number of hydrogen-bond donors (Lipinski definition) is 0. The van der Waals surface area contributed by atoms with Gasteiger partial charge in [-0.3, -0.25) is 19.5 Å². The highest BCUT2D eigenvalue weighted by Crippen LogP contribution is 2.33. The lowest BCUT2D eigenvalue weighted by atomic mass is 10.1. The predicted octanol–water partition coefficient (Wildman–Crippen LogP) is 3.86. The lowest BCUT2D eigenvalue weighted by Crippen LogP contribution is -2.30. The van der Waals surface area contributed by atoms with E-state index < -0.39 is 10.5 Å². The number of hydrogen-bond acceptors (Lipinski definition) is 7. The van der Waals surface area contributed by atoms with Crippen LogP contribution in [0.2, 0.25) is 0 Å². The van der Waals surface area contributed by atoms with Gasteiger partial charge in [-0.25, -0.2) is 0 Å². The van der Waals surface area contributed by atoms with Crippen molar-refractivity contribution in [3.63, 3.8) is 0 Å². The summed E-state index contributed by atoms with van der Waals surface area (Å²) in [6.45, 7) is 0. The van der Waals surface area contributed by atoms with Crippen LogP contribution in [0.4, 0.5) is 5.69 Å². The second-order valence-corrected chi connectivity index (χ2v) is 8.56. The van der Waals surface area contributed by atoms with E-state index in [1.165, 1.54) is 16.7 Å². The van der Waals surface area contributed by atoms with Gasteiger partial charge in [0.25, 0.3) is 11.2 Å². The van der Waals surface area contributed by atoms with E-state index in [-0.39, 0.29) is 26.2 Å². The van der Waals surface area contributed by atoms with E-state index >= 15 is 0 Å². The summed E-state index contributed by atoms with van der Waals surface area (Å²) < 4.78 is 8.09. The highest BCUT2D eigenvalue weighted by atomic mass is 79.9. The first kappa shape index (κ1) is 22.0. The minimum atomic E-state index is -0.503. The maximum Gasteiger partial charge on any atom is 0.281 e. The average molecular weight is 519 g/mol. The van der Waals surface area contributed by atoms with Crippen LogP contribution in [-0.4, -0.2) is 9.49 Å². The Balaban J connectivity index is 1.90. The minimum absolute atomic E-state index is 0.127. The summed E-state index contributed by atoms with van der Waals surface area (Å²) in [5.74, 6) is 0.560. The Hall–Kier alpha value is -4.25. The molecule has 33 heavy (non-hydrogen) atoms. The van der Waals surface area contributed by atoms with E-state index in [9.17, 15) is 25.4 Å². The van der Waals surface area contributed by atoms with Crippen LogP contribution in [-0.2, 0) is 0 Å². The second kappa shape index (κ2) is 9.09. The van der Waals surface area contributed by atoms with Gasteiger partial charge in [-0.15, -0.1) is 11.3 Å². The summed E-state index contributed by atoms with van der Waals surface area (Å²) in [6.07, 6.45) is 1.48. The van der Waals surface area contributed by atoms with Gasteiger partial charge in [0.05, 0.1) is 20.7 Å². The number of para-hydroxylation sites is 1. The van der Waals surface area contributed by atoms with Gasteiger partial charge in [0.2, 0.25) is 0 Å². The quantitative estimate of drug-likeness (QED) is 0.298. The molecular weight excluding hydrogens is 508 g/mol. The topological polar surface area (TPSA) is 126 Å². The molecule has 160 valence electrons. The number of nitro benzene ring substituents is 1. The van der Waals surface area contributed by atoms with Crippen molar-refractivity contribution in [2.24, 2.45) is 0 Å². The summed E-state index contributed by atoms with van der Waals surface area (Å²) in [6, 6.07) is 20.1. The van der Waals surface area contributed by atoms with Crippen LogP contribution in [0.25, 0.3) is 28.7 Å². The molecule has 4 aromatic rings. The monoisotopic (exact) mass is 518 g/mol. The van der Waals surface area contributed by atoms with Crippen LogP contribution < -0.4 is 14.8 Å². The van der Waals surface area contributed by atoms with Gasteiger partial charge in [0.1, 0.15) is 28.3 Å². The lowest BCUT2D eigenvalue weighted by Gasteiger charge is -2.00. The molecule has 0 saturated carbocycles. The van der Waals surface area contributed by atoms with E-state index in [4.69, 9.17) is 4.42 Å². The summed E-state index contributed by atoms with van der Waals surface area (Å²) in [7, 11) is 0. The van der Waals surface area contributed by atoms with Gasteiger partial charge in [0.15, 0.2) is 5.57 Å². The summed E-state index contributed by atoms with van der Waals surface area (Å²) in [4.78, 5) is 24.1. The van der Waals surface area contributed by atoms with E-state index in [2.05, 4.69) is 15.9 Å². The summed E-state index contributed by atoms with van der Waals surface area (Å²) in [5, 5.41) is 30.1. The standard InChI is InChI=1S/C23H11BrN4O4S/c24-15-6-8-18(19(10-15)28(30)31)20-9-7-17(32-20)11-21-22(29)27(16-4-2-1-3-5-16)23(33-21)14(12-25)13-26/h1-11H/b21-11+. The molecule has 2 aromatic carbocycles. The molecule has 0 spiro atoms. The fraction of sp³-hybridized carbons (Fsp3) is 0. The highest BCUT2D eigenvalue weighted by Gasteiger charge is 2.19. The molecule has 2 aromatic heterocycles. The molecule has 2 heterocycles. The molecule has 0 N–H and O–H groups in total. The Kier molecular flexibility index (Phi) is 6.05. The van der Waals surface area contributed by atoms with Gasteiger partial charge in [-0.1, -0.05) is 34.1 Å². The SMILES string of the molecule is N#CC(C#N)=c1s/c(=C/c2ccc(-c3ccc(Br)cc3[N+](=O)[O-])o2)c(=O)n1-c1ccccc1. The normalized spacial score (nSPS) is 11.1. The maximum atomic E-state index is 13.2. The van der Waals surface area contributed by atoms with Crippen LogP contribution in [0.3, 0.4) is 0 Å². The van der Waals surface area contributed by atoms with Crippen molar-refractivity contribution in [2.75, 3.05) is 0 Å². The third-order valence-corrected chi connectivity index (χ3v) is 6.18. The van der Waals surface area contributed by atoms with E-state index in [0.29, 0.717) is 21.5 Å². The lowest BCUT2D eigenvalue weighted by molar-refractivity contribution is -0.384. The van der Waals surface area contributed by atoms with Crippen molar-refractivity contribution in [2.45, 2.75) is 0 Å². The Morgan fingerprint density at radius 3 is 2.52 bits per heavy atom. The van der Waals surface area contributed by atoms with Gasteiger partial charge < -0.3 is 4.42 Å². The van der Waals surface area contributed by atoms with E-state index in [1.807, 2.05) is 12.1 Å². The zero-order valence-corrected chi connectivity index (χ0v) is 19.0. The van der Waals surface area contributed by atoms with Gasteiger partial charge >= 0.3 is 0 Å². The first-order valence-corrected chi connectivity index (χ1v) is 10.9. The minimum Gasteiger partial charge on any atom is -0.456 e. The molecule has 0 aliphatic rings. The van der Waals surface area contributed by atoms with Crippen molar-refractivity contribution in [1.29, 1.82) is 10.5 Å². The van der Waals surface area contributed by atoms with Crippen molar-refractivity contribution < 1.29 is 9.34 Å². The molecule has 0 radical (unpaired) electrons. The number of halogens is 1. The Morgan fingerprint density at radius 2 is 1.85 bits per heavy atom. The summed E-state index contributed by atoms with van der Waals surface area (Å²) >= 11 is 4.21. The van der Waals surface area contributed by atoms with Crippen molar-refractivity contribution in [3.05, 3.63) is 101 Å². The zero-order valence-electron chi connectivity index (χ0n) is 16.6. The molecule has 0 atom stereocenters. The number of benzene rings is 2. The highest BCUT2D eigenvalue weighted by molar-refractivity contribution is 9.10. The molecule has 0 fully saturated rings. The Labute approximate surface area is 198 Å². The third kappa shape index (κ3) is 4.26. The maximum absolute atomic E-state index is 13.2. The first-order valence-electron chi connectivity index (χ1n) is 9.30. The predicted molar refractivity (Wildman–Crippen MR) is 126 cm³/mol. The molecule has 10 heteroatoms. The molecule has 0 bridgehead atoms. The van der Waals surface area contributed by atoms with Crippen molar-refractivity contribution in [3.8, 4) is 29.1 Å². The van der Waals surface area contributed by atoms with Crippen molar-refractivity contribution >= 4 is 44.6 Å². The number of aromatic nitrogens is 1. The van der Waals surface area contributed by atoms with Crippen LogP contribution in [0.1, 0.15) is 5.76 Å². The first-order chi connectivity index (χ1) is 15.9. The fourth-order valence-electron chi connectivity index (χ4n) is 3.15. The van der Waals surface area contributed by atoms with Gasteiger partial charge in [-0.2, -0.15) is 10.5 Å². The average Bonchev–Trinajstić information content (AvgIpc) is 3.40. The Morgan fingerprint density at radius 1 is 1.12 bits per heavy atom. The largest absolute Gasteiger partial charge is 0.456 e. The molecule has 0 aliphatic carbocycles. The van der Waals surface area contributed by atoms with Crippen LogP contribution >= 0.6 is 27.3 Å². The molecule has 0 saturated heterocycles. The van der Waals surface area contributed by atoms with Crippen LogP contribution in [0.15, 0.2) is 74.3 Å². The molecule has 0 aliphatic heterocycles. The van der Waals surface area contributed by atoms with E-state index in [1.54, 1.807) is 54.6 Å². The number of nitrogens with zero attached hydrogens (tertiary/aromatic N) is 4. The van der Waals surface area contributed by atoms with Gasteiger partial charge in [0, 0.05) is 16.6 Å². The fourth-order valence-corrected chi connectivity index (χ4v) is 4.53. The molecule has 0 amide bonds. The molecular formula is C23H11BrN4O4S.